The molecule has 9 nitrogen and oxygen atoms in total. The molecule has 9 heteroatoms. The van der Waals surface area contributed by atoms with E-state index < -0.39 is 37.3 Å². The van der Waals surface area contributed by atoms with Crippen LogP contribution in [0.4, 0.5) is 0 Å². The molecule has 1 aromatic heterocycles. The van der Waals surface area contributed by atoms with Crippen LogP contribution in [-0.2, 0) is 6.42 Å². The van der Waals surface area contributed by atoms with Gasteiger partial charge in [-0.1, -0.05) is 0 Å². The van der Waals surface area contributed by atoms with Gasteiger partial charge in [-0.15, -0.1) is 0 Å². The molecule has 7 N–H and O–H groups in total. The van der Waals surface area contributed by atoms with Gasteiger partial charge in [0, 0.05) is 12.6 Å². The first-order valence-electron chi connectivity index (χ1n) is 5.87. The molecule has 0 aliphatic carbocycles. The minimum atomic E-state index is -1.90. The lowest BCUT2D eigenvalue weighted by molar-refractivity contribution is -0.121. The summed E-state index contributed by atoms with van der Waals surface area (Å²) < 4.78 is 0. The van der Waals surface area contributed by atoms with Crippen molar-refractivity contribution in [2.75, 3.05) is 6.61 Å². The van der Waals surface area contributed by atoms with Gasteiger partial charge in [-0.2, -0.15) is 0 Å². The van der Waals surface area contributed by atoms with Gasteiger partial charge < -0.3 is 35.7 Å². The lowest BCUT2D eigenvalue weighted by Gasteiger charge is -2.21. The zero-order chi connectivity index (χ0) is 15.3. The second-order valence-electron chi connectivity index (χ2n) is 4.30. The quantitative estimate of drug-likeness (QED) is 0.251. The first kappa shape index (κ1) is 16.9. The van der Waals surface area contributed by atoms with E-state index >= 15 is 0 Å². The lowest BCUT2D eigenvalue weighted by Crippen LogP contribution is -2.35. The molecule has 1 heterocycles. The predicted molar refractivity (Wildman–Crippen MR) is 64.0 cm³/mol. The van der Waals surface area contributed by atoms with Crippen LogP contribution in [0.2, 0.25) is 0 Å². The Hall–Kier alpha value is -1.20. The van der Waals surface area contributed by atoms with E-state index in [0.717, 1.165) is 6.20 Å². The van der Waals surface area contributed by atoms with Crippen molar-refractivity contribution >= 4 is 0 Å². The van der Waals surface area contributed by atoms with Crippen molar-refractivity contribution in [2.45, 2.75) is 37.1 Å². The Morgan fingerprint density at radius 3 is 2.00 bits per heavy atom. The van der Waals surface area contributed by atoms with Crippen molar-refractivity contribution in [3.8, 4) is 0 Å². The minimum Gasteiger partial charge on any atom is -0.394 e. The highest BCUT2D eigenvalue weighted by molar-refractivity contribution is 5.07. The highest BCUT2D eigenvalue weighted by atomic mass is 16.5. The minimum absolute atomic E-state index is 0.0345. The maximum absolute atomic E-state index is 9.70. The van der Waals surface area contributed by atoms with E-state index in [2.05, 4.69) is 9.97 Å². The highest BCUT2D eigenvalue weighted by Crippen LogP contribution is 2.16. The van der Waals surface area contributed by atoms with Crippen molar-refractivity contribution in [2.24, 2.45) is 0 Å². The van der Waals surface area contributed by atoms with Crippen LogP contribution in [0.25, 0.3) is 0 Å². The van der Waals surface area contributed by atoms with Crippen LogP contribution in [0, 0.1) is 0 Å². The SMILES string of the molecule is OCC(O)C(O)C(O)c1cnc(CC(O)C(O)O)cn1. The molecule has 1 rings (SSSR count). The third-order valence-corrected chi connectivity index (χ3v) is 2.70. The molecule has 0 aliphatic heterocycles. The third kappa shape index (κ3) is 4.42. The van der Waals surface area contributed by atoms with Crippen molar-refractivity contribution in [3.05, 3.63) is 23.8 Å². The molecule has 0 aromatic carbocycles. The zero-order valence-corrected chi connectivity index (χ0v) is 10.5. The first-order valence-corrected chi connectivity index (χ1v) is 5.87. The second-order valence-corrected chi connectivity index (χ2v) is 4.30. The van der Waals surface area contributed by atoms with Crippen LogP contribution < -0.4 is 0 Å². The predicted octanol–water partition coefficient (Wildman–Crippen LogP) is -3.56. The van der Waals surface area contributed by atoms with Crippen molar-refractivity contribution < 1.29 is 35.7 Å². The second kappa shape index (κ2) is 7.55. The molecule has 4 unspecified atom stereocenters. The first-order chi connectivity index (χ1) is 9.36. The number of aliphatic hydroxyl groups excluding tert-OH is 6. The van der Waals surface area contributed by atoms with Gasteiger partial charge in [0.15, 0.2) is 6.29 Å². The van der Waals surface area contributed by atoms with Crippen LogP contribution in [0.5, 0.6) is 0 Å². The van der Waals surface area contributed by atoms with Crippen molar-refractivity contribution in [1.29, 1.82) is 0 Å². The summed E-state index contributed by atoms with van der Waals surface area (Å²) in [4.78, 5) is 7.62. The number of hydrogen-bond donors (Lipinski definition) is 7. The van der Waals surface area contributed by atoms with E-state index in [1.165, 1.54) is 6.20 Å². The highest BCUT2D eigenvalue weighted by Gasteiger charge is 2.26. The summed E-state index contributed by atoms with van der Waals surface area (Å²) >= 11 is 0. The summed E-state index contributed by atoms with van der Waals surface area (Å²) in [6.07, 6.45) is -5.84. The lowest BCUT2D eigenvalue weighted by atomic mass is 10.1. The van der Waals surface area contributed by atoms with E-state index in [0.29, 0.717) is 0 Å². The number of aromatic nitrogens is 2. The molecule has 4 atom stereocenters. The van der Waals surface area contributed by atoms with Crippen molar-refractivity contribution in [1.82, 2.24) is 9.97 Å². The number of hydrogen-bond acceptors (Lipinski definition) is 9. The number of aliphatic hydroxyl groups is 7. The van der Waals surface area contributed by atoms with Gasteiger partial charge in [0.25, 0.3) is 0 Å². The Kier molecular flexibility index (Phi) is 6.36. The Morgan fingerprint density at radius 1 is 0.900 bits per heavy atom. The molecule has 0 saturated heterocycles. The maximum atomic E-state index is 9.70. The smallest absolute Gasteiger partial charge is 0.178 e. The van der Waals surface area contributed by atoms with Crippen LogP contribution >= 0.6 is 0 Å². The molecule has 20 heavy (non-hydrogen) atoms. The molecule has 0 saturated carbocycles. The summed E-state index contributed by atoms with van der Waals surface area (Å²) in [5.41, 5.74) is 0.214. The summed E-state index contributed by atoms with van der Waals surface area (Å²) in [7, 11) is 0. The van der Waals surface area contributed by atoms with E-state index in [9.17, 15) is 20.4 Å². The summed E-state index contributed by atoms with van der Waals surface area (Å²) in [6, 6.07) is 0. The van der Waals surface area contributed by atoms with Crippen LogP contribution in [0.3, 0.4) is 0 Å². The molecular weight excluding hydrogens is 272 g/mol. The number of rotatable bonds is 7. The van der Waals surface area contributed by atoms with Gasteiger partial charge in [0.05, 0.1) is 24.2 Å². The molecule has 1 aromatic rings. The molecule has 0 spiro atoms. The van der Waals surface area contributed by atoms with Gasteiger partial charge in [0.2, 0.25) is 0 Å². The van der Waals surface area contributed by atoms with E-state index in [1.807, 2.05) is 0 Å². The normalized spacial score (nSPS) is 17.8. The summed E-state index contributed by atoms with van der Waals surface area (Å²) in [5.74, 6) is 0. The van der Waals surface area contributed by atoms with Crippen molar-refractivity contribution in [3.63, 3.8) is 0 Å². The fraction of sp³-hybridized carbons (Fsp3) is 0.636. The third-order valence-electron chi connectivity index (χ3n) is 2.70. The van der Waals surface area contributed by atoms with E-state index in [1.54, 1.807) is 0 Å². The average molecular weight is 290 g/mol. The molecule has 0 fully saturated rings. The van der Waals surface area contributed by atoms with Gasteiger partial charge in [-0.25, -0.2) is 0 Å². The fourth-order valence-corrected chi connectivity index (χ4v) is 1.44. The standard InChI is InChI=1S/C11H18N2O7/c14-4-8(16)10(18)9(17)6-3-12-5(2-13-6)1-7(15)11(19)20/h2-3,7-11,14-20H,1,4H2. The van der Waals surface area contributed by atoms with E-state index in [-0.39, 0.29) is 17.8 Å². The molecule has 0 radical (unpaired) electrons. The molecule has 0 amide bonds. The van der Waals surface area contributed by atoms with Crippen LogP contribution in [-0.4, -0.2) is 76.9 Å². The Labute approximate surface area is 114 Å². The van der Waals surface area contributed by atoms with Crippen LogP contribution in [0.15, 0.2) is 12.4 Å². The van der Waals surface area contributed by atoms with Gasteiger partial charge in [-0.3, -0.25) is 9.97 Å². The monoisotopic (exact) mass is 290 g/mol. The average Bonchev–Trinajstić information content (AvgIpc) is 2.45. The number of nitrogens with zero attached hydrogens (tertiary/aromatic N) is 2. The van der Waals surface area contributed by atoms with Gasteiger partial charge in [-0.05, 0) is 0 Å². The summed E-state index contributed by atoms with van der Waals surface area (Å²) in [6.45, 7) is -0.718. The molecule has 0 bridgehead atoms. The Morgan fingerprint density at radius 2 is 1.55 bits per heavy atom. The molecular formula is C11H18N2O7. The Bertz CT molecular complexity index is 400. The van der Waals surface area contributed by atoms with Crippen LogP contribution in [0.1, 0.15) is 17.5 Å². The topological polar surface area (TPSA) is 167 Å². The Balaban J connectivity index is 2.71. The van der Waals surface area contributed by atoms with E-state index in [4.69, 9.17) is 15.3 Å². The largest absolute Gasteiger partial charge is 0.394 e. The summed E-state index contributed by atoms with van der Waals surface area (Å²) in [5, 5.41) is 63.7. The molecule has 114 valence electrons. The zero-order valence-electron chi connectivity index (χ0n) is 10.5. The van der Waals surface area contributed by atoms with Gasteiger partial charge in [0.1, 0.15) is 24.4 Å². The fourth-order valence-electron chi connectivity index (χ4n) is 1.44. The molecule has 0 aliphatic rings. The maximum Gasteiger partial charge on any atom is 0.178 e. The van der Waals surface area contributed by atoms with Gasteiger partial charge >= 0.3 is 0 Å².